The van der Waals surface area contributed by atoms with Gasteiger partial charge >= 0.3 is 0 Å². The highest BCUT2D eigenvalue weighted by Crippen LogP contribution is 2.37. The maximum absolute atomic E-state index is 13.4. The lowest BCUT2D eigenvalue weighted by Crippen LogP contribution is -2.64. The van der Waals surface area contributed by atoms with Gasteiger partial charge in [-0.05, 0) is 19.3 Å². The summed E-state index contributed by atoms with van der Waals surface area (Å²) in [6, 6.07) is -2.45. The van der Waals surface area contributed by atoms with Crippen LogP contribution < -0.4 is 16.8 Å². The van der Waals surface area contributed by atoms with E-state index in [2.05, 4.69) is 15.6 Å². The highest BCUT2D eigenvalue weighted by Gasteiger charge is 2.56. The van der Waals surface area contributed by atoms with E-state index in [0.717, 1.165) is 19.3 Å². The number of piperazine rings is 1. The molecule has 3 aliphatic heterocycles. The molecule has 4 unspecified atom stereocenters. The first-order valence-electron chi connectivity index (χ1n) is 10.7. The van der Waals surface area contributed by atoms with Crippen molar-refractivity contribution in [1.82, 2.24) is 30.1 Å². The van der Waals surface area contributed by atoms with Gasteiger partial charge in [0.1, 0.15) is 12.1 Å². The zero-order valence-corrected chi connectivity index (χ0v) is 17.3. The van der Waals surface area contributed by atoms with E-state index in [1.807, 2.05) is 0 Å². The van der Waals surface area contributed by atoms with Crippen LogP contribution in [0.3, 0.4) is 0 Å². The van der Waals surface area contributed by atoms with E-state index in [1.165, 1.54) is 9.58 Å². The van der Waals surface area contributed by atoms with Crippen molar-refractivity contribution in [3.63, 3.8) is 0 Å². The van der Waals surface area contributed by atoms with Crippen LogP contribution >= 0.6 is 0 Å². The van der Waals surface area contributed by atoms with E-state index in [9.17, 15) is 24.0 Å². The molecule has 1 aromatic rings. The summed E-state index contributed by atoms with van der Waals surface area (Å²) in [7, 11) is 0. The molecule has 13 nitrogen and oxygen atoms in total. The first-order valence-corrected chi connectivity index (χ1v) is 10.7. The van der Waals surface area contributed by atoms with Crippen LogP contribution in [-0.2, 0) is 14.4 Å². The summed E-state index contributed by atoms with van der Waals surface area (Å²) >= 11 is 0. The molecule has 0 radical (unpaired) electrons. The van der Waals surface area contributed by atoms with Crippen molar-refractivity contribution in [1.29, 1.82) is 0 Å². The second-order valence-corrected chi connectivity index (χ2v) is 8.86. The second-order valence-electron chi connectivity index (χ2n) is 8.86. The number of aromatic nitrogens is 3. The minimum atomic E-state index is -0.946. The third-order valence-corrected chi connectivity index (χ3v) is 7.09. The molecule has 5 N–H and O–H groups in total. The van der Waals surface area contributed by atoms with Gasteiger partial charge in [-0.15, -0.1) is 5.10 Å². The minimum Gasteiger partial charge on any atom is -0.364 e. The smallest absolute Gasteiger partial charge is 0.271 e. The first-order chi connectivity index (χ1) is 15.3. The standard InChI is InChI=1S/C19H24N8O5/c20-15(28)12-14(16(21)29)27(24-23-12)9-6-11-18(31)25-5-4-10(13(25)19(32)26(11)7-9)22-17(30)8-2-1-3-8/h8-11,13H,1-7H2,(H2,20,28)(H2,21,29)(H,22,30). The summed E-state index contributed by atoms with van der Waals surface area (Å²) in [5.41, 5.74) is 10.1. The van der Waals surface area contributed by atoms with E-state index in [0.29, 0.717) is 13.0 Å². The van der Waals surface area contributed by atoms with Gasteiger partial charge in [-0.2, -0.15) is 0 Å². The van der Waals surface area contributed by atoms with E-state index < -0.39 is 36.0 Å². The van der Waals surface area contributed by atoms with E-state index in [4.69, 9.17) is 11.5 Å². The Kier molecular flexibility index (Phi) is 4.64. The molecule has 4 aliphatic rings. The second kappa shape index (κ2) is 7.28. The van der Waals surface area contributed by atoms with Crippen molar-refractivity contribution in [3.8, 4) is 0 Å². The van der Waals surface area contributed by atoms with Crippen molar-refractivity contribution in [3.05, 3.63) is 11.4 Å². The number of carbonyl (C=O) groups is 5. The lowest BCUT2D eigenvalue weighted by atomic mass is 9.84. The van der Waals surface area contributed by atoms with Crippen molar-refractivity contribution >= 4 is 29.5 Å². The molecule has 4 fully saturated rings. The molecule has 3 saturated heterocycles. The SMILES string of the molecule is NC(=O)c1nnn(C2CC3C(=O)N4CCC(NC(=O)C5CCC5)C4C(=O)N3C2)c1C(N)=O. The average Bonchev–Trinajstić information content (AvgIpc) is 3.40. The molecule has 4 heterocycles. The van der Waals surface area contributed by atoms with Crippen LogP contribution in [0.15, 0.2) is 0 Å². The van der Waals surface area contributed by atoms with Gasteiger partial charge in [-0.3, -0.25) is 24.0 Å². The molecule has 4 atom stereocenters. The maximum Gasteiger partial charge on any atom is 0.271 e. The number of nitrogens with two attached hydrogens (primary N) is 2. The van der Waals surface area contributed by atoms with Crippen LogP contribution in [0.2, 0.25) is 0 Å². The van der Waals surface area contributed by atoms with Crippen LogP contribution in [0.1, 0.15) is 59.1 Å². The molecule has 5 rings (SSSR count). The van der Waals surface area contributed by atoms with Crippen LogP contribution in [-0.4, -0.2) is 85.5 Å². The number of carbonyl (C=O) groups excluding carboxylic acids is 5. The van der Waals surface area contributed by atoms with Crippen molar-refractivity contribution in [2.45, 2.75) is 56.3 Å². The topological polar surface area (TPSA) is 187 Å². The van der Waals surface area contributed by atoms with E-state index >= 15 is 0 Å². The molecule has 0 spiro atoms. The number of fused-ring (bicyclic) bond motifs is 2. The lowest BCUT2D eigenvalue weighted by Gasteiger charge is -2.40. The molecule has 1 aromatic heterocycles. The molecule has 170 valence electrons. The Labute approximate surface area is 182 Å². The highest BCUT2D eigenvalue weighted by atomic mass is 16.2. The summed E-state index contributed by atoms with van der Waals surface area (Å²) in [6.45, 7) is 0.492. The third-order valence-electron chi connectivity index (χ3n) is 7.09. The molecule has 0 bridgehead atoms. The zero-order chi connectivity index (χ0) is 22.7. The number of hydrogen-bond donors (Lipinski definition) is 3. The molecular formula is C19H24N8O5. The zero-order valence-electron chi connectivity index (χ0n) is 17.3. The normalized spacial score (nSPS) is 29.5. The Morgan fingerprint density at radius 2 is 1.75 bits per heavy atom. The summed E-state index contributed by atoms with van der Waals surface area (Å²) in [6.07, 6.45) is 3.46. The Morgan fingerprint density at radius 3 is 2.38 bits per heavy atom. The van der Waals surface area contributed by atoms with Gasteiger partial charge in [-0.25, -0.2) is 4.68 Å². The minimum absolute atomic E-state index is 0.0126. The number of amides is 5. The Morgan fingerprint density at radius 1 is 1.00 bits per heavy atom. The van der Waals surface area contributed by atoms with Gasteiger partial charge in [0.15, 0.2) is 11.4 Å². The molecule has 32 heavy (non-hydrogen) atoms. The van der Waals surface area contributed by atoms with Crippen molar-refractivity contribution < 1.29 is 24.0 Å². The summed E-state index contributed by atoms with van der Waals surface area (Å²) in [5, 5.41) is 10.5. The Hall–Kier alpha value is -3.51. The summed E-state index contributed by atoms with van der Waals surface area (Å²) in [5.74, 6) is -2.39. The fourth-order valence-corrected chi connectivity index (χ4v) is 5.24. The van der Waals surface area contributed by atoms with Gasteiger partial charge in [0.25, 0.3) is 11.8 Å². The van der Waals surface area contributed by atoms with Crippen LogP contribution in [0.5, 0.6) is 0 Å². The van der Waals surface area contributed by atoms with Gasteiger partial charge in [0.2, 0.25) is 17.7 Å². The average molecular weight is 444 g/mol. The molecule has 1 saturated carbocycles. The maximum atomic E-state index is 13.4. The first kappa shape index (κ1) is 20.4. The Balaban J connectivity index is 1.38. The van der Waals surface area contributed by atoms with Gasteiger partial charge in [0, 0.05) is 25.4 Å². The van der Waals surface area contributed by atoms with Crippen LogP contribution in [0.4, 0.5) is 0 Å². The molecular weight excluding hydrogens is 420 g/mol. The number of hydrogen-bond acceptors (Lipinski definition) is 7. The van der Waals surface area contributed by atoms with E-state index in [1.54, 1.807) is 4.90 Å². The molecule has 1 aliphatic carbocycles. The van der Waals surface area contributed by atoms with Gasteiger partial charge < -0.3 is 26.6 Å². The van der Waals surface area contributed by atoms with Gasteiger partial charge in [-0.1, -0.05) is 11.6 Å². The highest BCUT2D eigenvalue weighted by molar-refractivity contribution is 6.03. The van der Waals surface area contributed by atoms with Crippen molar-refractivity contribution in [2.24, 2.45) is 17.4 Å². The predicted octanol–water partition coefficient (Wildman–Crippen LogP) is -2.48. The predicted molar refractivity (Wildman–Crippen MR) is 106 cm³/mol. The van der Waals surface area contributed by atoms with Crippen LogP contribution in [0, 0.1) is 5.92 Å². The van der Waals surface area contributed by atoms with Crippen molar-refractivity contribution in [2.75, 3.05) is 13.1 Å². The quantitative estimate of drug-likeness (QED) is 0.448. The number of nitrogens with zero attached hydrogens (tertiary/aromatic N) is 5. The number of primary amides is 2. The summed E-state index contributed by atoms with van der Waals surface area (Å²) in [4.78, 5) is 65.5. The molecule has 5 amide bonds. The van der Waals surface area contributed by atoms with Gasteiger partial charge in [0.05, 0.1) is 12.1 Å². The fourth-order valence-electron chi connectivity index (χ4n) is 5.24. The number of nitrogens with one attached hydrogen (secondary N) is 1. The lowest BCUT2D eigenvalue weighted by molar-refractivity contribution is -0.157. The fraction of sp³-hybridized carbons (Fsp3) is 0.632. The van der Waals surface area contributed by atoms with Crippen LogP contribution in [0.25, 0.3) is 0 Å². The van der Waals surface area contributed by atoms with E-state index in [-0.39, 0.29) is 48.0 Å². The summed E-state index contributed by atoms with van der Waals surface area (Å²) < 4.78 is 1.18. The Bertz CT molecular complexity index is 1030. The number of rotatable bonds is 5. The molecule has 0 aromatic carbocycles. The third kappa shape index (κ3) is 2.94. The monoisotopic (exact) mass is 444 g/mol. The largest absolute Gasteiger partial charge is 0.364 e. The molecule has 13 heteroatoms.